The van der Waals surface area contributed by atoms with Gasteiger partial charge in [-0.2, -0.15) is 0 Å². The first-order chi connectivity index (χ1) is 11.6. The lowest BCUT2D eigenvalue weighted by atomic mass is 10.1. The normalized spacial score (nSPS) is 10.8. The molecule has 3 nitrogen and oxygen atoms in total. The number of H-pyrrole nitrogens is 1. The average Bonchev–Trinajstić information content (AvgIpc) is 2.58. The molecule has 0 aliphatic carbocycles. The summed E-state index contributed by atoms with van der Waals surface area (Å²) in [4.78, 5) is 19.7. The van der Waals surface area contributed by atoms with E-state index in [0.29, 0.717) is 22.9 Å². The molecule has 24 heavy (non-hydrogen) atoms. The summed E-state index contributed by atoms with van der Waals surface area (Å²) in [5.74, 6) is 0.372. The van der Waals surface area contributed by atoms with Crippen LogP contribution < -0.4 is 5.56 Å². The highest BCUT2D eigenvalue weighted by molar-refractivity contribution is 7.98. The molecule has 0 amide bonds. The maximum atomic E-state index is 12.9. The van der Waals surface area contributed by atoms with E-state index in [-0.39, 0.29) is 11.4 Å². The predicted molar refractivity (Wildman–Crippen MR) is 94.8 cm³/mol. The van der Waals surface area contributed by atoms with Gasteiger partial charge in [-0.3, -0.25) is 4.79 Å². The third-order valence-corrected chi connectivity index (χ3v) is 4.66. The molecule has 5 heteroatoms. The number of aromatic nitrogens is 2. The van der Waals surface area contributed by atoms with Crippen molar-refractivity contribution < 1.29 is 4.39 Å². The van der Waals surface area contributed by atoms with E-state index in [2.05, 4.69) is 9.97 Å². The highest BCUT2D eigenvalue weighted by atomic mass is 32.2. The fourth-order valence-electron chi connectivity index (χ4n) is 2.39. The minimum absolute atomic E-state index is 0.104. The quantitative estimate of drug-likeness (QED) is 0.562. The van der Waals surface area contributed by atoms with Crippen LogP contribution in [0.2, 0.25) is 0 Å². The van der Waals surface area contributed by atoms with Gasteiger partial charge in [-0.05, 0) is 30.2 Å². The van der Waals surface area contributed by atoms with Gasteiger partial charge in [0.2, 0.25) is 0 Å². The van der Waals surface area contributed by atoms with Gasteiger partial charge in [0, 0.05) is 23.4 Å². The Bertz CT molecular complexity index is 876. The first-order valence-corrected chi connectivity index (χ1v) is 8.61. The zero-order valence-electron chi connectivity index (χ0n) is 13.3. The summed E-state index contributed by atoms with van der Waals surface area (Å²) in [7, 11) is 0. The first kappa shape index (κ1) is 16.5. The van der Waals surface area contributed by atoms with Crippen LogP contribution in [0.25, 0.3) is 0 Å². The highest BCUT2D eigenvalue weighted by Gasteiger charge is 2.09. The van der Waals surface area contributed by atoms with Crippen molar-refractivity contribution in [2.24, 2.45) is 0 Å². The van der Waals surface area contributed by atoms with Gasteiger partial charge in [0.1, 0.15) is 5.82 Å². The summed E-state index contributed by atoms with van der Waals surface area (Å²) in [6.07, 6.45) is 0.567. The Labute approximate surface area is 144 Å². The minimum Gasteiger partial charge on any atom is -0.301 e. The number of hydrogen-bond donors (Lipinski definition) is 1. The number of rotatable bonds is 5. The Kier molecular flexibility index (Phi) is 5.11. The third kappa shape index (κ3) is 4.11. The Morgan fingerprint density at radius 3 is 2.42 bits per heavy atom. The largest absolute Gasteiger partial charge is 0.301 e. The Balaban J connectivity index is 1.74. The lowest BCUT2D eigenvalue weighted by Gasteiger charge is -2.07. The number of thioether (sulfide) groups is 1. The topological polar surface area (TPSA) is 45.8 Å². The molecule has 0 spiro atoms. The van der Waals surface area contributed by atoms with Crippen LogP contribution in [-0.2, 0) is 12.2 Å². The fraction of sp³-hybridized carbons (Fsp3) is 0.158. The number of nitrogens with zero attached hydrogens (tertiary/aromatic N) is 1. The van der Waals surface area contributed by atoms with Gasteiger partial charge in [0.05, 0.1) is 0 Å². The molecule has 0 aliphatic heterocycles. The van der Waals surface area contributed by atoms with Crippen molar-refractivity contribution in [1.29, 1.82) is 0 Å². The Morgan fingerprint density at radius 2 is 1.75 bits per heavy atom. The molecule has 0 radical (unpaired) electrons. The molecule has 0 fully saturated rings. The molecule has 122 valence electrons. The molecule has 1 N–H and O–H groups in total. The van der Waals surface area contributed by atoms with Crippen molar-refractivity contribution >= 4 is 11.8 Å². The molecule has 0 saturated carbocycles. The van der Waals surface area contributed by atoms with E-state index in [0.717, 1.165) is 16.8 Å². The zero-order valence-corrected chi connectivity index (χ0v) is 14.1. The Hall–Kier alpha value is -2.40. The van der Waals surface area contributed by atoms with Crippen molar-refractivity contribution in [2.45, 2.75) is 24.3 Å². The number of aromatic amines is 1. The molecule has 0 atom stereocenters. The summed E-state index contributed by atoms with van der Waals surface area (Å²) in [6.45, 7) is 1.86. The van der Waals surface area contributed by atoms with Crippen LogP contribution >= 0.6 is 11.8 Å². The van der Waals surface area contributed by atoms with Gasteiger partial charge in [-0.15, -0.1) is 0 Å². The summed E-state index contributed by atoms with van der Waals surface area (Å²) < 4.78 is 12.9. The molecule has 0 bridgehead atoms. The lowest BCUT2D eigenvalue weighted by molar-refractivity contribution is 0.627. The second kappa shape index (κ2) is 7.45. The molecule has 2 aromatic carbocycles. The van der Waals surface area contributed by atoms with Crippen LogP contribution in [0, 0.1) is 12.7 Å². The second-order valence-electron chi connectivity index (χ2n) is 5.51. The van der Waals surface area contributed by atoms with Crippen LogP contribution in [0.4, 0.5) is 4.39 Å². The lowest BCUT2D eigenvalue weighted by Crippen LogP contribution is -2.17. The fourth-order valence-corrected chi connectivity index (χ4v) is 3.26. The molecule has 1 aromatic heterocycles. The van der Waals surface area contributed by atoms with Crippen LogP contribution in [-0.4, -0.2) is 9.97 Å². The van der Waals surface area contributed by atoms with E-state index in [1.165, 1.54) is 23.9 Å². The summed E-state index contributed by atoms with van der Waals surface area (Å²) in [6, 6.07) is 16.2. The molecule has 3 aromatic rings. The van der Waals surface area contributed by atoms with Crippen molar-refractivity contribution in [3.8, 4) is 0 Å². The van der Waals surface area contributed by atoms with E-state index < -0.39 is 0 Å². The summed E-state index contributed by atoms with van der Waals surface area (Å²) in [5.41, 5.74) is 3.39. The van der Waals surface area contributed by atoms with Crippen molar-refractivity contribution in [3.05, 3.63) is 93.2 Å². The Morgan fingerprint density at radius 1 is 1.04 bits per heavy atom. The monoisotopic (exact) mass is 340 g/mol. The summed E-state index contributed by atoms with van der Waals surface area (Å²) >= 11 is 1.43. The number of nitrogens with one attached hydrogen (secondary N) is 1. The number of benzene rings is 2. The van der Waals surface area contributed by atoms with Gasteiger partial charge in [-0.25, -0.2) is 9.37 Å². The smallest absolute Gasteiger partial charge is 0.255 e. The standard InChI is InChI=1S/C19H17FN2OS/c1-13-17(11-14-5-3-2-4-6-14)18(23)22-19(21-13)24-12-15-7-9-16(20)10-8-15/h2-10H,11-12H2,1H3,(H,21,22,23). The van der Waals surface area contributed by atoms with Gasteiger partial charge >= 0.3 is 0 Å². The SMILES string of the molecule is Cc1nc(SCc2ccc(F)cc2)[nH]c(=O)c1Cc1ccccc1. The van der Waals surface area contributed by atoms with Crippen molar-refractivity contribution in [1.82, 2.24) is 9.97 Å². The van der Waals surface area contributed by atoms with Crippen molar-refractivity contribution in [3.63, 3.8) is 0 Å². The van der Waals surface area contributed by atoms with Crippen LogP contribution in [0.5, 0.6) is 0 Å². The molecule has 0 aliphatic rings. The molecule has 1 heterocycles. The van der Waals surface area contributed by atoms with Gasteiger partial charge in [-0.1, -0.05) is 54.2 Å². The molecule has 3 rings (SSSR count). The van der Waals surface area contributed by atoms with Crippen LogP contribution in [0.15, 0.2) is 64.5 Å². The number of halogens is 1. The van der Waals surface area contributed by atoms with Gasteiger partial charge in [0.15, 0.2) is 5.16 Å². The van der Waals surface area contributed by atoms with E-state index >= 15 is 0 Å². The number of aryl methyl sites for hydroxylation is 1. The van der Waals surface area contributed by atoms with E-state index in [9.17, 15) is 9.18 Å². The van der Waals surface area contributed by atoms with E-state index in [4.69, 9.17) is 0 Å². The molecule has 0 saturated heterocycles. The highest BCUT2D eigenvalue weighted by Crippen LogP contribution is 2.19. The molecular weight excluding hydrogens is 323 g/mol. The third-order valence-electron chi connectivity index (χ3n) is 3.71. The van der Waals surface area contributed by atoms with Crippen molar-refractivity contribution in [2.75, 3.05) is 0 Å². The maximum Gasteiger partial charge on any atom is 0.255 e. The summed E-state index contributed by atoms with van der Waals surface area (Å²) in [5, 5.41) is 0.582. The first-order valence-electron chi connectivity index (χ1n) is 7.63. The van der Waals surface area contributed by atoms with E-state index in [1.807, 2.05) is 37.3 Å². The average molecular weight is 340 g/mol. The van der Waals surface area contributed by atoms with Gasteiger partial charge in [0.25, 0.3) is 5.56 Å². The second-order valence-corrected chi connectivity index (χ2v) is 6.48. The molecular formula is C19H17FN2OS. The van der Waals surface area contributed by atoms with Crippen LogP contribution in [0.3, 0.4) is 0 Å². The van der Waals surface area contributed by atoms with Crippen LogP contribution in [0.1, 0.15) is 22.4 Å². The zero-order chi connectivity index (χ0) is 16.9. The molecule has 0 unspecified atom stereocenters. The predicted octanol–water partition coefficient (Wildman–Crippen LogP) is 4.10. The minimum atomic E-state index is -0.253. The van der Waals surface area contributed by atoms with Gasteiger partial charge < -0.3 is 4.98 Å². The van der Waals surface area contributed by atoms with E-state index in [1.54, 1.807) is 12.1 Å². The number of hydrogen-bond acceptors (Lipinski definition) is 3. The maximum absolute atomic E-state index is 12.9.